The Hall–Kier alpha value is -0.660. The van der Waals surface area contributed by atoms with Crippen LogP contribution in [0.5, 0.6) is 5.75 Å². The van der Waals surface area contributed by atoms with E-state index >= 15 is 0 Å². The van der Waals surface area contributed by atoms with Gasteiger partial charge in [-0.3, -0.25) is 0 Å². The summed E-state index contributed by atoms with van der Waals surface area (Å²) >= 11 is 5.51. The maximum Gasteiger partial charge on any atom is 0.279 e. The molecule has 1 aromatic rings. The molecule has 0 unspecified atom stereocenters. The van der Waals surface area contributed by atoms with E-state index in [0.717, 1.165) is 6.07 Å². The lowest BCUT2D eigenvalue weighted by molar-refractivity contribution is 0.146. The van der Waals surface area contributed by atoms with Crippen LogP contribution in [0.4, 0.5) is 8.78 Å². The minimum Gasteiger partial charge on any atom is -0.494 e. The Morgan fingerprint density at radius 1 is 1.50 bits per heavy atom. The fourth-order valence-electron chi connectivity index (χ4n) is 0.966. The van der Waals surface area contributed by atoms with Crippen molar-refractivity contribution in [3.05, 3.63) is 16.8 Å². The van der Waals surface area contributed by atoms with E-state index in [1.54, 1.807) is 0 Å². The van der Waals surface area contributed by atoms with E-state index < -0.39 is 26.1 Å². The minimum atomic E-state index is -4.38. The van der Waals surface area contributed by atoms with E-state index in [9.17, 15) is 17.2 Å². The molecular weight excluding hydrogens is 287 g/mol. The van der Waals surface area contributed by atoms with Gasteiger partial charge in [-0.2, -0.15) is 0 Å². The summed E-state index contributed by atoms with van der Waals surface area (Å²) in [7, 11) is 1.75. The zero-order chi connectivity index (χ0) is 12.5. The smallest absolute Gasteiger partial charge is 0.279 e. The second-order valence-corrected chi connectivity index (χ2v) is 5.45. The van der Waals surface area contributed by atoms with Gasteiger partial charge >= 0.3 is 0 Å². The summed E-state index contributed by atoms with van der Waals surface area (Å²) in [5, 5.41) is -1.32. The maximum atomic E-state index is 12.5. The molecule has 1 heterocycles. The zero-order valence-electron chi connectivity index (χ0n) is 7.75. The van der Waals surface area contributed by atoms with Crippen LogP contribution < -0.4 is 4.74 Å². The molecule has 9 heteroatoms. The van der Waals surface area contributed by atoms with E-state index in [-0.39, 0.29) is 10.9 Å². The third-order valence-corrected chi connectivity index (χ3v) is 3.12. The number of hydrogen-bond acceptors (Lipinski definition) is 4. The minimum absolute atomic E-state index is 0.152. The lowest BCUT2D eigenvalue weighted by Gasteiger charge is -2.08. The normalized spacial score (nSPS) is 11.9. The molecule has 0 saturated heterocycles. The molecular formula is C7H5Cl2F2NO3S. The van der Waals surface area contributed by atoms with Gasteiger partial charge in [0.15, 0.2) is 15.9 Å². The van der Waals surface area contributed by atoms with Crippen molar-refractivity contribution in [1.29, 1.82) is 0 Å². The third-order valence-electron chi connectivity index (χ3n) is 1.62. The van der Waals surface area contributed by atoms with Gasteiger partial charge in [0.1, 0.15) is 0 Å². The number of methoxy groups -OCH3 is 1. The fraction of sp³-hybridized carbons (Fsp3) is 0.286. The first-order valence-corrected chi connectivity index (χ1v) is 6.43. The number of rotatable bonds is 3. The van der Waals surface area contributed by atoms with Crippen LogP contribution in [0.3, 0.4) is 0 Å². The van der Waals surface area contributed by atoms with E-state index in [1.807, 2.05) is 0 Å². The van der Waals surface area contributed by atoms with Crippen molar-refractivity contribution < 1.29 is 21.9 Å². The van der Waals surface area contributed by atoms with Crippen molar-refractivity contribution in [2.75, 3.05) is 7.11 Å². The molecule has 4 nitrogen and oxygen atoms in total. The lowest BCUT2D eigenvalue weighted by Crippen LogP contribution is -2.04. The van der Waals surface area contributed by atoms with E-state index in [2.05, 4.69) is 9.72 Å². The van der Waals surface area contributed by atoms with Crippen molar-refractivity contribution in [1.82, 2.24) is 4.98 Å². The van der Waals surface area contributed by atoms with Crippen LogP contribution >= 0.6 is 22.3 Å². The standard InChI is InChI=1S/C7H5Cl2F2NO3S/c1-15-4-2-3(6(10)11)7(12-5(4)8)16(9,13)14/h2,6H,1H3. The van der Waals surface area contributed by atoms with Gasteiger partial charge in [-0.1, -0.05) is 11.6 Å². The Labute approximate surface area is 99.6 Å². The van der Waals surface area contributed by atoms with Crippen LogP contribution in [0.25, 0.3) is 0 Å². The van der Waals surface area contributed by atoms with Crippen molar-refractivity contribution >= 4 is 31.3 Å². The van der Waals surface area contributed by atoms with Gasteiger partial charge in [-0.25, -0.2) is 22.2 Å². The number of aromatic nitrogens is 1. The molecule has 0 spiro atoms. The summed E-state index contributed by atoms with van der Waals surface area (Å²) in [4.78, 5) is 3.28. The van der Waals surface area contributed by atoms with Crippen LogP contribution in [0.1, 0.15) is 12.0 Å². The van der Waals surface area contributed by atoms with Crippen LogP contribution in [0, 0.1) is 0 Å². The van der Waals surface area contributed by atoms with E-state index in [4.69, 9.17) is 22.3 Å². The predicted octanol–water partition coefficient (Wildman–Crippen LogP) is 2.61. The Bertz CT molecular complexity index is 507. The molecule has 90 valence electrons. The van der Waals surface area contributed by atoms with Gasteiger partial charge in [0.2, 0.25) is 0 Å². The van der Waals surface area contributed by atoms with Gasteiger partial charge in [-0.15, -0.1) is 0 Å². The van der Waals surface area contributed by atoms with Gasteiger partial charge in [-0.05, 0) is 6.07 Å². The first-order chi connectivity index (χ1) is 7.27. The average molecular weight is 292 g/mol. The third kappa shape index (κ3) is 2.72. The Kier molecular flexibility index (Phi) is 3.92. The second kappa shape index (κ2) is 4.68. The molecule has 1 aromatic heterocycles. The van der Waals surface area contributed by atoms with Crippen LogP contribution in [-0.2, 0) is 9.05 Å². The molecule has 0 fully saturated rings. The zero-order valence-corrected chi connectivity index (χ0v) is 10.1. The molecule has 0 bridgehead atoms. The SMILES string of the molecule is COc1cc(C(F)F)c(S(=O)(=O)Cl)nc1Cl. The highest BCUT2D eigenvalue weighted by molar-refractivity contribution is 8.13. The molecule has 0 amide bonds. The summed E-state index contributed by atoms with van der Waals surface area (Å²) in [6.45, 7) is 0. The molecule has 0 radical (unpaired) electrons. The quantitative estimate of drug-likeness (QED) is 0.634. The highest BCUT2D eigenvalue weighted by Gasteiger charge is 2.26. The fourth-order valence-corrected chi connectivity index (χ4v) is 2.23. The summed E-state index contributed by atoms with van der Waals surface area (Å²) in [5.41, 5.74) is -0.851. The Morgan fingerprint density at radius 2 is 2.06 bits per heavy atom. The molecule has 0 aliphatic carbocycles. The van der Waals surface area contributed by atoms with Gasteiger partial charge < -0.3 is 4.74 Å². The second-order valence-electron chi connectivity index (χ2n) is 2.61. The topological polar surface area (TPSA) is 56.3 Å². The van der Waals surface area contributed by atoms with E-state index in [0.29, 0.717) is 0 Å². The van der Waals surface area contributed by atoms with Crippen molar-refractivity contribution in [3.8, 4) is 5.75 Å². The van der Waals surface area contributed by atoms with Gasteiger partial charge in [0, 0.05) is 10.7 Å². The number of alkyl halides is 2. The lowest BCUT2D eigenvalue weighted by atomic mass is 10.3. The summed E-state index contributed by atoms with van der Waals surface area (Å²) in [6.07, 6.45) is -3.05. The number of halogens is 4. The first kappa shape index (κ1) is 13.4. The number of pyridine rings is 1. The number of ether oxygens (including phenoxy) is 1. The van der Waals surface area contributed by atoms with Gasteiger partial charge in [0.25, 0.3) is 15.5 Å². The molecule has 0 aromatic carbocycles. The maximum absolute atomic E-state index is 12.5. The summed E-state index contributed by atoms with van der Waals surface area (Å²) < 4.78 is 51.7. The number of nitrogens with zero attached hydrogens (tertiary/aromatic N) is 1. The highest BCUT2D eigenvalue weighted by Crippen LogP contribution is 2.33. The van der Waals surface area contributed by atoms with Gasteiger partial charge in [0.05, 0.1) is 12.7 Å². The molecule has 16 heavy (non-hydrogen) atoms. The molecule has 0 atom stereocenters. The molecule has 0 aliphatic rings. The van der Waals surface area contributed by atoms with Crippen LogP contribution in [0.2, 0.25) is 5.15 Å². The summed E-state index contributed by atoms with van der Waals surface area (Å²) in [5.74, 6) is -0.152. The largest absolute Gasteiger partial charge is 0.494 e. The van der Waals surface area contributed by atoms with Crippen molar-refractivity contribution in [3.63, 3.8) is 0 Å². The number of hydrogen-bond donors (Lipinski definition) is 0. The molecule has 0 N–H and O–H groups in total. The Balaban J connectivity index is 3.55. The molecule has 0 aliphatic heterocycles. The van der Waals surface area contributed by atoms with Crippen molar-refractivity contribution in [2.45, 2.75) is 11.5 Å². The first-order valence-electron chi connectivity index (χ1n) is 3.74. The van der Waals surface area contributed by atoms with Crippen LogP contribution in [0.15, 0.2) is 11.1 Å². The summed E-state index contributed by atoms with van der Waals surface area (Å²) in [6, 6.07) is 0.787. The molecule has 0 saturated carbocycles. The average Bonchev–Trinajstić information content (AvgIpc) is 2.15. The predicted molar refractivity (Wildman–Crippen MR) is 53.8 cm³/mol. The van der Waals surface area contributed by atoms with Crippen LogP contribution in [-0.4, -0.2) is 20.5 Å². The van der Waals surface area contributed by atoms with E-state index in [1.165, 1.54) is 7.11 Å². The monoisotopic (exact) mass is 291 g/mol. The molecule has 1 rings (SSSR count). The van der Waals surface area contributed by atoms with Crippen molar-refractivity contribution in [2.24, 2.45) is 0 Å². The Morgan fingerprint density at radius 3 is 2.44 bits per heavy atom. The highest BCUT2D eigenvalue weighted by atomic mass is 35.7.